The monoisotopic (exact) mass is 394 g/mol. The number of carbonyl (C=O) groups is 2. The third kappa shape index (κ3) is 6.09. The zero-order valence-electron chi connectivity index (χ0n) is 15.5. The van der Waals surface area contributed by atoms with Crippen LogP contribution in [0.2, 0.25) is 5.02 Å². The number of nitrogens with zero attached hydrogens (tertiary/aromatic N) is 3. The second kappa shape index (κ2) is 9.92. The molecule has 2 heterocycles. The predicted octanol–water partition coefficient (Wildman–Crippen LogP) is 0.827. The van der Waals surface area contributed by atoms with E-state index in [1.165, 1.54) is 0 Å². The molecule has 1 aromatic rings. The Balaban J connectivity index is 1.35. The van der Waals surface area contributed by atoms with Crippen molar-refractivity contribution in [2.24, 2.45) is 0 Å². The number of nitrogens with one attached hydrogen (secondary N) is 1. The normalized spacial score (nSPS) is 18.4. The van der Waals surface area contributed by atoms with Gasteiger partial charge < -0.3 is 19.9 Å². The molecule has 0 saturated carbocycles. The van der Waals surface area contributed by atoms with Gasteiger partial charge in [0.2, 0.25) is 11.8 Å². The van der Waals surface area contributed by atoms with E-state index in [-0.39, 0.29) is 18.2 Å². The Hall–Kier alpha value is -1.83. The maximum absolute atomic E-state index is 12.4. The first-order valence-electron chi connectivity index (χ1n) is 9.47. The van der Waals surface area contributed by atoms with Crippen molar-refractivity contribution in [2.45, 2.75) is 6.42 Å². The molecular weight excluding hydrogens is 368 g/mol. The molecule has 27 heavy (non-hydrogen) atoms. The van der Waals surface area contributed by atoms with E-state index in [9.17, 15) is 9.59 Å². The van der Waals surface area contributed by atoms with Crippen LogP contribution in [0.4, 0.5) is 5.69 Å². The summed E-state index contributed by atoms with van der Waals surface area (Å²) < 4.78 is 5.30. The Morgan fingerprint density at radius 3 is 2.52 bits per heavy atom. The summed E-state index contributed by atoms with van der Waals surface area (Å²) in [5.41, 5.74) is 1.07. The van der Waals surface area contributed by atoms with Crippen LogP contribution in [0.15, 0.2) is 24.3 Å². The Kier molecular flexibility index (Phi) is 7.32. The van der Waals surface area contributed by atoms with E-state index in [0.29, 0.717) is 24.7 Å². The fourth-order valence-electron chi connectivity index (χ4n) is 3.38. The van der Waals surface area contributed by atoms with Crippen LogP contribution in [-0.4, -0.2) is 87.2 Å². The fourth-order valence-corrected chi connectivity index (χ4v) is 3.56. The lowest BCUT2D eigenvalue weighted by atomic mass is 10.2. The molecule has 2 saturated heterocycles. The number of amides is 2. The largest absolute Gasteiger partial charge is 0.379 e. The van der Waals surface area contributed by atoms with E-state index in [1.807, 2.05) is 24.3 Å². The molecular formula is C19H27ClN4O3. The van der Waals surface area contributed by atoms with Gasteiger partial charge in [-0.3, -0.25) is 14.5 Å². The van der Waals surface area contributed by atoms with Crippen LogP contribution in [0.3, 0.4) is 0 Å². The van der Waals surface area contributed by atoms with Crippen LogP contribution in [0, 0.1) is 0 Å². The van der Waals surface area contributed by atoms with Gasteiger partial charge in [0.1, 0.15) is 6.42 Å². The summed E-state index contributed by atoms with van der Waals surface area (Å²) >= 11 is 6.05. The lowest BCUT2D eigenvalue weighted by Gasteiger charge is -2.36. The number of hydrogen-bond acceptors (Lipinski definition) is 5. The van der Waals surface area contributed by atoms with Gasteiger partial charge in [0, 0.05) is 63.1 Å². The molecule has 0 aromatic heterocycles. The molecule has 0 aliphatic carbocycles. The van der Waals surface area contributed by atoms with E-state index in [1.54, 1.807) is 4.90 Å². The highest BCUT2D eigenvalue weighted by Gasteiger charge is 2.23. The zero-order chi connectivity index (χ0) is 19.1. The molecule has 7 nitrogen and oxygen atoms in total. The van der Waals surface area contributed by atoms with Crippen LogP contribution in [0.25, 0.3) is 0 Å². The van der Waals surface area contributed by atoms with Crippen molar-refractivity contribution in [2.75, 3.05) is 70.5 Å². The molecule has 8 heteroatoms. The van der Waals surface area contributed by atoms with Crippen molar-refractivity contribution in [3.05, 3.63) is 29.3 Å². The van der Waals surface area contributed by atoms with Crippen LogP contribution >= 0.6 is 11.6 Å². The molecule has 0 unspecified atom stereocenters. The topological polar surface area (TPSA) is 65.1 Å². The van der Waals surface area contributed by atoms with Crippen molar-refractivity contribution in [1.82, 2.24) is 15.1 Å². The Labute approximate surface area is 165 Å². The first-order chi connectivity index (χ1) is 13.1. The number of halogens is 1. The molecule has 2 amide bonds. The standard InChI is InChI=1S/C19H27ClN4O3/c20-16-2-1-3-17(14-16)23-6-8-24(9-7-23)19(26)15-18(25)21-4-5-22-10-12-27-13-11-22/h1-3,14H,4-13,15H2,(H,21,25). The molecule has 148 valence electrons. The molecule has 0 bridgehead atoms. The van der Waals surface area contributed by atoms with Gasteiger partial charge in [0.15, 0.2) is 0 Å². The smallest absolute Gasteiger partial charge is 0.232 e. The molecule has 1 N–H and O–H groups in total. The van der Waals surface area contributed by atoms with Crippen LogP contribution < -0.4 is 10.2 Å². The summed E-state index contributed by atoms with van der Waals surface area (Å²) in [6.07, 6.45) is -0.0831. The highest BCUT2D eigenvalue weighted by Crippen LogP contribution is 2.20. The van der Waals surface area contributed by atoms with Crippen molar-refractivity contribution < 1.29 is 14.3 Å². The molecule has 2 aliphatic heterocycles. The first-order valence-corrected chi connectivity index (χ1v) is 9.85. The third-order valence-electron chi connectivity index (χ3n) is 4.97. The van der Waals surface area contributed by atoms with Crippen molar-refractivity contribution in [3.63, 3.8) is 0 Å². The number of morpholine rings is 1. The van der Waals surface area contributed by atoms with Gasteiger partial charge in [-0.05, 0) is 18.2 Å². The molecule has 0 atom stereocenters. The van der Waals surface area contributed by atoms with Gasteiger partial charge >= 0.3 is 0 Å². The molecule has 3 rings (SSSR count). The van der Waals surface area contributed by atoms with Crippen LogP contribution in [-0.2, 0) is 14.3 Å². The number of anilines is 1. The second-order valence-corrected chi connectivity index (χ2v) is 7.26. The Bertz CT molecular complexity index is 644. The quantitative estimate of drug-likeness (QED) is 0.724. The average Bonchev–Trinajstić information content (AvgIpc) is 2.69. The maximum atomic E-state index is 12.4. The molecule has 2 aliphatic rings. The minimum absolute atomic E-state index is 0.0831. The van der Waals surface area contributed by atoms with Crippen LogP contribution in [0.1, 0.15) is 6.42 Å². The number of hydrogen-bond donors (Lipinski definition) is 1. The summed E-state index contributed by atoms with van der Waals surface area (Å²) in [5.74, 6) is -0.310. The number of carbonyl (C=O) groups excluding carboxylic acids is 2. The van der Waals surface area contributed by atoms with Gasteiger partial charge in [-0.25, -0.2) is 0 Å². The zero-order valence-corrected chi connectivity index (χ0v) is 16.3. The molecule has 0 radical (unpaired) electrons. The van der Waals surface area contributed by atoms with Gasteiger partial charge in [0.05, 0.1) is 13.2 Å². The average molecular weight is 395 g/mol. The summed E-state index contributed by atoms with van der Waals surface area (Å²) in [6, 6.07) is 7.73. The number of ether oxygens (including phenoxy) is 1. The summed E-state index contributed by atoms with van der Waals surface area (Å²) in [6.45, 7) is 7.35. The Morgan fingerprint density at radius 2 is 1.81 bits per heavy atom. The molecule has 0 spiro atoms. The number of piperazine rings is 1. The van der Waals surface area contributed by atoms with E-state index < -0.39 is 0 Å². The van der Waals surface area contributed by atoms with E-state index >= 15 is 0 Å². The summed E-state index contributed by atoms with van der Waals surface area (Å²) in [5, 5.41) is 3.55. The highest BCUT2D eigenvalue weighted by atomic mass is 35.5. The van der Waals surface area contributed by atoms with Gasteiger partial charge in [-0.1, -0.05) is 17.7 Å². The van der Waals surface area contributed by atoms with E-state index in [0.717, 1.165) is 51.6 Å². The maximum Gasteiger partial charge on any atom is 0.232 e. The lowest BCUT2D eigenvalue weighted by Crippen LogP contribution is -2.49. The predicted molar refractivity (Wildman–Crippen MR) is 105 cm³/mol. The fraction of sp³-hybridized carbons (Fsp3) is 0.579. The summed E-state index contributed by atoms with van der Waals surface area (Å²) in [7, 11) is 0. The highest BCUT2D eigenvalue weighted by molar-refractivity contribution is 6.30. The van der Waals surface area contributed by atoms with Crippen molar-refractivity contribution in [1.29, 1.82) is 0 Å². The minimum Gasteiger partial charge on any atom is -0.379 e. The lowest BCUT2D eigenvalue weighted by molar-refractivity contribution is -0.136. The van der Waals surface area contributed by atoms with Gasteiger partial charge in [0.25, 0.3) is 0 Å². The van der Waals surface area contributed by atoms with Crippen molar-refractivity contribution >= 4 is 29.1 Å². The Morgan fingerprint density at radius 1 is 1.07 bits per heavy atom. The summed E-state index contributed by atoms with van der Waals surface area (Å²) in [4.78, 5) is 30.6. The first kappa shape index (κ1) is 19.9. The minimum atomic E-state index is -0.203. The molecule has 2 fully saturated rings. The number of benzene rings is 1. The van der Waals surface area contributed by atoms with Gasteiger partial charge in [-0.15, -0.1) is 0 Å². The SMILES string of the molecule is O=C(CC(=O)N1CCN(c2cccc(Cl)c2)CC1)NCCN1CCOCC1. The van der Waals surface area contributed by atoms with E-state index in [4.69, 9.17) is 16.3 Å². The van der Waals surface area contributed by atoms with E-state index in [2.05, 4.69) is 15.1 Å². The van der Waals surface area contributed by atoms with Crippen LogP contribution in [0.5, 0.6) is 0 Å². The second-order valence-electron chi connectivity index (χ2n) is 6.83. The van der Waals surface area contributed by atoms with Gasteiger partial charge in [-0.2, -0.15) is 0 Å². The number of rotatable bonds is 6. The van der Waals surface area contributed by atoms with Crippen molar-refractivity contribution in [3.8, 4) is 0 Å². The molecule has 1 aromatic carbocycles. The third-order valence-corrected chi connectivity index (χ3v) is 5.21.